The lowest BCUT2D eigenvalue weighted by Gasteiger charge is -2.23. The van der Waals surface area contributed by atoms with Crippen LogP contribution in [0.15, 0.2) is 69.9 Å². The number of nitrogens with zero attached hydrogens (tertiary/aromatic N) is 1. The van der Waals surface area contributed by atoms with Crippen molar-refractivity contribution in [3.63, 3.8) is 0 Å². The molecule has 0 amide bonds. The lowest BCUT2D eigenvalue weighted by Crippen LogP contribution is -2.45. The average Bonchev–Trinajstić information content (AvgIpc) is 3.06. The minimum atomic E-state index is -1.42. The number of ketones is 1. The van der Waals surface area contributed by atoms with Crippen LogP contribution in [-0.4, -0.2) is 52.6 Å². The second-order valence-electron chi connectivity index (χ2n) is 12.1. The number of unbranched alkanes of at least 4 members (excludes halogenated alkanes) is 2. The van der Waals surface area contributed by atoms with Gasteiger partial charge in [0.05, 0.1) is 29.1 Å². The summed E-state index contributed by atoms with van der Waals surface area (Å²) in [6.07, 6.45) is 13.0. The fourth-order valence-electron chi connectivity index (χ4n) is 5.74. The second kappa shape index (κ2) is 17.0. The number of aliphatic hydroxyl groups is 1. The van der Waals surface area contributed by atoms with Gasteiger partial charge >= 0.3 is 5.97 Å². The number of carboxylic acids is 1. The summed E-state index contributed by atoms with van der Waals surface area (Å²) in [6.45, 7) is 3.85. The molecule has 9 nitrogen and oxygen atoms in total. The number of hydrogen-bond acceptors (Lipinski definition) is 9. The second-order valence-corrected chi connectivity index (χ2v) is 12.7. The Labute approximate surface area is 291 Å². The quantitative estimate of drug-likeness (QED) is 0.0737. The lowest BCUT2D eigenvalue weighted by atomic mass is 9.87. The van der Waals surface area contributed by atoms with Gasteiger partial charge in [-0.15, -0.1) is 0 Å². The maximum absolute atomic E-state index is 13.8. The first-order valence-corrected chi connectivity index (χ1v) is 16.8. The van der Waals surface area contributed by atoms with Crippen molar-refractivity contribution in [2.75, 3.05) is 25.6 Å². The summed E-state index contributed by atoms with van der Waals surface area (Å²) in [5.74, 6) is -2.62. The van der Waals surface area contributed by atoms with Gasteiger partial charge in [0.15, 0.2) is 11.2 Å². The minimum Gasteiger partial charge on any atom is -0.507 e. The molecule has 10 heteroatoms. The predicted molar refractivity (Wildman–Crippen MR) is 196 cm³/mol. The minimum absolute atomic E-state index is 0.0143. The van der Waals surface area contributed by atoms with Crippen molar-refractivity contribution < 1.29 is 34.1 Å². The maximum Gasteiger partial charge on any atom is 0.372 e. The largest absolute Gasteiger partial charge is 0.507 e. The van der Waals surface area contributed by atoms with E-state index in [1.165, 1.54) is 13.0 Å². The van der Waals surface area contributed by atoms with Crippen LogP contribution in [0.4, 0.5) is 5.69 Å². The first-order valence-electron chi connectivity index (χ1n) is 16.4. The molecule has 1 aliphatic rings. The van der Waals surface area contributed by atoms with E-state index in [-0.39, 0.29) is 27.7 Å². The van der Waals surface area contributed by atoms with Crippen LogP contribution in [0.2, 0.25) is 0 Å². The van der Waals surface area contributed by atoms with Crippen LogP contribution in [0.1, 0.15) is 95.6 Å². The number of aliphatic hydroxyl groups excluding tert-OH is 1. The van der Waals surface area contributed by atoms with E-state index in [9.17, 15) is 29.7 Å². The standard InChI is InChI=1S/C39H43NO8S/c1-5-13-29-32(20-19-28(24(2)41)36(29)43)47-21-11-9-7-6-8-10-16-31(35(42)25-14-12-15-26(22-25)40(3)4)34-37(44)30-18-17-27(49)23-33(30)48-38(34)39(45)46/h6,8,10,12,14-16,18-20,22-23,31,35,42-43H,5,7,9,11,13,17,21H2,1-4H3,(H,45,46)/b8-6-,16-10+/t31-,35-/m0/s1. The summed E-state index contributed by atoms with van der Waals surface area (Å²) in [7, 11) is 3.75. The third kappa shape index (κ3) is 9.01. The maximum atomic E-state index is 13.8. The van der Waals surface area contributed by atoms with E-state index >= 15 is 0 Å². The van der Waals surface area contributed by atoms with Crippen LogP contribution in [-0.2, 0) is 6.42 Å². The van der Waals surface area contributed by atoms with Crippen LogP contribution in [0.3, 0.4) is 0 Å². The predicted octanol–water partition coefficient (Wildman–Crippen LogP) is 5.78. The molecule has 1 aromatic heterocycles. The topological polar surface area (TPSA) is 138 Å². The first kappa shape index (κ1) is 37.0. The molecular formula is C39H43NO8S. The molecule has 49 heavy (non-hydrogen) atoms. The van der Waals surface area contributed by atoms with Gasteiger partial charge in [-0.3, -0.25) is 9.59 Å². The number of benzene rings is 2. The Morgan fingerprint density at radius 2 is 1.92 bits per heavy atom. The molecule has 0 saturated heterocycles. The van der Waals surface area contributed by atoms with Crippen molar-refractivity contribution in [2.45, 2.75) is 64.4 Å². The van der Waals surface area contributed by atoms with Gasteiger partial charge in [0.25, 0.3) is 0 Å². The number of hydrogen-bond donors (Lipinski definition) is 3. The molecule has 4 rings (SSSR count). The molecule has 1 aliphatic carbocycles. The van der Waals surface area contributed by atoms with E-state index in [1.807, 2.05) is 38.1 Å². The Morgan fingerprint density at radius 1 is 1.14 bits per heavy atom. The van der Waals surface area contributed by atoms with Gasteiger partial charge in [-0.05, 0) is 68.5 Å². The zero-order chi connectivity index (χ0) is 35.7. The van der Waals surface area contributed by atoms with Crippen LogP contribution >= 0.6 is 12.2 Å². The van der Waals surface area contributed by atoms with Gasteiger partial charge in [0, 0.05) is 42.5 Å². The number of ether oxygens (including phenoxy) is 1. The van der Waals surface area contributed by atoms with Gasteiger partial charge < -0.3 is 29.4 Å². The van der Waals surface area contributed by atoms with Gasteiger partial charge in [-0.2, -0.15) is 0 Å². The van der Waals surface area contributed by atoms with Crippen molar-refractivity contribution in [2.24, 2.45) is 0 Å². The van der Waals surface area contributed by atoms with Crippen LogP contribution < -0.4 is 25.7 Å². The molecule has 0 aliphatic heterocycles. The van der Waals surface area contributed by atoms with Crippen molar-refractivity contribution in [3.05, 3.63) is 110 Å². The number of carboxylic acid groups (broad SMARTS) is 1. The fourth-order valence-corrected chi connectivity index (χ4v) is 5.93. The van der Waals surface area contributed by atoms with E-state index in [4.69, 9.17) is 21.4 Å². The van der Waals surface area contributed by atoms with Crippen molar-refractivity contribution in [1.82, 2.24) is 0 Å². The van der Waals surface area contributed by atoms with Crippen LogP contribution in [0.25, 0.3) is 12.2 Å². The Bertz CT molecular complexity index is 1960. The molecule has 2 aromatic carbocycles. The van der Waals surface area contributed by atoms with Crippen LogP contribution in [0.5, 0.6) is 11.5 Å². The smallest absolute Gasteiger partial charge is 0.372 e. The summed E-state index contributed by atoms with van der Waals surface area (Å²) >= 11 is 5.24. The highest BCUT2D eigenvalue weighted by molar-refractivity contribution is 7.81. The third-order valence-corrected chi connectivity index (χ3v) is 8.60. The molecule has 0 radical (unpaired) electrons. The van der Waals surface area contributed by atoms with Crippen molar-refractivity contribution in [3.8, 4) is 11.5 Å². The van der Waals surface area contributed by atoms with Gasteiger partial charge in [-0.1, -0.05) is 68.1 Å². The van der Waals surface area contributed by atoms with Gasteiger partial charge in [0.1, 0.15) is 16.9 Å². The highest BCUT2D eigenvalue weighted by Crippen LogP contribution is 2.34. The zero-order valence-corrected chi connectivity index (χ0v) is 29.1. The Hall–Kier alpha value is -4.80. The molecule has 1 heterocycles. The van der Waals surface area contributed by atoms with E-state index in [2.05, 4.69) is 0 Å². The number of allylic oxidation sites excluding steroid dienone is 3. The van der Waals surface area contributed by atoms with Gasteiger partial charge in [0.2, 0.25) is 5.76 Å². The number of phenols is 1. The van der Waals surface area contributed by atoms with E-state index in [0.717, 1.165) is 24.9 Å². The molecule has 0 saturated carbocycles. The Balaban J connectivity index is 1.52. The molecule has 3 aromatic rings. The average molecular weight is 686 g/mol. The Morgan fingerprint density at radius 3 is 2.61 bits per heavy atom. The molecule has 0 fully saturated rings. The number of fused-ring (bicyclic) bond motifs is 1. The Kier molecular flexibility index (Phi) is 12.9. The third-order valence-electron chi connectivity index (χ3n) is 8.31. The fraction of sp³-hybridized carbons (Fsp3) is 0.333. The number of carbonyl (C=O) groups excluding carboxylic acids is 1. The highest BCUT2D eigenvalue weighted by atomic mass is 32.1. The number of thiocarbonyl (C=S) groups is 1. The summed E-state index contributed by atoms with van der Waals surface area (Å²) in [6, 6.07) is 10.5. The first-order chi connectivity index (χ1) is 23.4. The summed E-state index contributed by atoms with van der Waals surface area (Å²) in [5.41, 5.74) is 1.72. The molecular weight excluding hydrogens is 642 g/mol. The molecule has 0 spiro atoms. The number of aromatic carboxylic acids is 1. The number of carbonyl (C=O) groups is 2. The van der Waals surface area contributed by atoms with Crippen LogP contribution in [0, 0.1) is 0 Å². The van der Waals surface area contributed by atoms with Gasteiger partial charge in [-0.25, -0.2) is 4.79 Å². The molecule has 3 N–H and O–H groups in total. The molecule has 258 valence electrons. The lowest BCUT2D eigenvalue weighted by molar-refractivity contribution is 0.0650. The van der Waals surface area contributed by atoms with Crippen molar-refractivity contribution in [1.29, 1.82) is 0 Å². The monoisotopic (exact) mass is 685 g/mol. The number of Topliss-reactive ketones (excluding diaryl/α,β-unsaturated/α-hetero) is 1. The molecule has 2 atom stereocenters. The zero-order valence-electron chi connectivity index (χ0n) is 28.3. The summed E-state index contributed by atoms with van der Waals surface area (Å²) in [4.78, 5) is 40.5. The summed E-state index contributed by atoms with van der Waals surface area (Å²) < 4.78 is 11.7. The van der Waals surface area contributed by atoms with E-state index < -0.39 is 29.2 Å². The van der Waals surface area contributed by atoms with Crippen molar-refractivity contribution >= 4 is 46.7 Å². The number of anilines is 1. The molecule has 0 bridgehead atoms. The molecule has 0 unspecified atom stereocenters. The van der Waals surface area contributed by atoms with E-state index in [1.54, 1.807) is 54.6 Å². The van der Waals surface area contributed by atoms with E-state index in [0.29, 0.717) is 53.2 Å². The number of aromatic hydroxyl groups is 1. The number of phenolic OH excluding ortho intramolecular Hbond substituents is 1. The number of rotatable bonds is 16. The normalized spacial score (nSPS) is 13.9. The highest BCUT2D eigenvalue weighted by Gasteiger charge is 2.31. The summed E-state index contributed by atoms with van der Waals surface area (Å²) in [5, 5.41) is 32.6. The SMILES string of the molecule is CCCc1c(OCCCC/C=C\C=C\[C@@H](c2c(C(=O)O)oc3c(c2=O)=CCC(=S)C=3)[C@@H](O)c2cccc(N(C)C)c2)ccc(C(C)=O)c1O.